The van der Waals surface area contributed by atoms with Gasteiger partial charge in [0.15, 0.2) is 5.82 Å². The largest absolute Gasteiger partial charge is 0.495 e. The molecule has 0 unspecified atom stereocenters. The summed E-state index contributed by atoms with van der Waals surface area (Å²) in [4.78, 5) is 0. The third-order valence-electron chi connectivity index (χ3n) is 2.24. The van der Waals surface area contributed by atoms with Crippen molar-refractivity contribution in [2.24, 2.45) is 0 Å². The minimum Gasteiger partial charge on any atom is -0.495 e. The van der Waals surface area contributed by atoms with Crippen LogP contribution in [0.5, 0.6) is 5.75 Å². The van der Waals surface area contributed by atoms with Gasteiger partial charge in [-0.3, -0.25) is 5.10 Å². The number of nitrogen functional groups attached to an aromatic ring is 1. The summed E-state index contributed by atoms with van der Waals surface area (Å²) in [7, 11) is 1.54. The molecular formula is C10H8Cl2IN3O. The first-order valence-corrected chi connectivity index (χ1v) is 6.40. The highest BCUT2D eigenvalue weighted by Gasteiger charge is 2.15. The van der Waals surface area contributed by atoms with Gasteiger partial charge in [-0.2, -0.15) is 5.10 Å². The van der Waals surface area contributed by atoms with Crippen LogP contribution in [0, 0.1) is 3.57 Å². The maximum Gasteiger partial charge on any atom is 0.159 e. The summed E-state index contributed by atoms with van der Waals surface area (Å²) >= 11 is 14.3. The molecule has 17 heavy (non-hydrogen) atoms. The van der Waals surface area contributed by atoms with Crippen LogP contribution in [-0.2, 0) is 0 Å². The fourth-order valence-corrected chi connectivity index (χ4v) is 2.42. The Morgan fingerprint density at radius 2 is 2.06 bits per heavy atom. The maximum atomic E-state index is 6.17. The quantitative estimate of drug-likeness (QED) is 0.779. The lowest BCUT2D eigenvalue weighted by atomic mass is 10.1. The molecule has 2 aromatic rings. The van der Waals surface area contributed by atoms with Gasteiger partial charge in [0.05, 0.1) is 26.4 Å². The van der Waals surface area contributed by atoms with Crippen LogP contribution in [0.2, 0.25) is 10.0 Å². The molecule has 0 bridgehead atoms. The normalized spacial score (nSPS) is 10.6. The van der Waals surface area contributed by atoms with Crippen LogP contribution < -0.4 is 10.5 Å². The van der Waals surface area contributed by atoms with Gasteiger partial charge in [0.25, 0.3) is 0 Å². The summed E-state index contributed by atoms with van der Waals surface area (Å²) in [5, 5.41) is 7.75. The Morgan fingerprint density at radius 3 is 2.59 bits per heavy atom. The summed E-state index contributed by atoms with van der Waals surface area (Å²) in [5.74, 6) is 0.964. The fourth-order valence-electron chi connectivity index (χ4n) is 1.40. The Morgan fingerprint density at radius 1 is 1.35 bits per heavy atom. The molecule has 0 spiro atoms. The zero-order valence-corrected chi connectivity index (χ0v) is 12.4. The Bertz CT molecular complexity index is 571. The standard InChI is InChI=1S/C10H8Cl2IN3O/c1-17-7-3-5(11)4(2-6(7)12)9-8(13)10(14)16-15-9/h2-3H,1H3,(H3,14,15,16). The number of rotatable bonds is 2. The van der Waals surface area contributed by atoms with Crippen LogP contribution in [0.3, 0.4) is 0 Å². The van der Waals surface area contributed by atoms with Gasteiger partial charge in [0.1, 0.15) is 5.75 Å². The fraction of sp³-hybridized carbons (Fsp3) is 0.100. The van der Waals surface area contributed by atoms with Crippen molar-refractivity contribution >= 4 is 51.6 Å². The highest BCUT2D eigenvalue weighted by atomic mass is 127. The number of aromatic nitrogens is 2. The monoisotopic (exact) mass is 383 g/mol. The molecule has 1 aromatic heterocycles. The summed E-state index contributed by atoms with van der Waals surface area (Å²) in [6.45, 7) is 0. The molecule has 4 nitrogen and oxygen atoms in total. The number of halogens is 3. The number of H-pyrrole nitrogens is 1. The Labute approximate surface area is 122 Å². The van der Waals surface area contributed by atoms with Crippen molar-refractivity contribution in [2.45, 2.75) is 0 Å². The van der Waals surface area contributed by atoms with Crippen LogP contribution in [0.4, 0.5) is 5.82 Å². The predicted molar refractivity (Wildman–Crippen MR) is 77.7 cm³/mol. The van der Waals surface area contributed by atoms with Gasteiger partial charge in [0.2, 0.25) is 0 Å². The minimum atomic E-state index is 0.434. The van der Waals surface area contributed by atoms with Gasteiger partial charge in [-0.15, -0.1) is 0 Å². The molecule has 0 atom stereocenters. The van der Waals surface area contributed by atoms with E-state index in [-0.39, 0.29) is 0 Å². The van der Waals surface area contributed by atoms with E-state index in [2.05, 4.69) is 32.8 Å². The maximum absolute atomic E-state index is 6.17. The Hall–Kier alpha value is -0.660. The molecule has 0 radical (unpaired) electrons. The lowest BCUT2D eigenvalue weighted by Crippen LogP contribution is -1.89. The first kappa shape index (κ1) is 12.8. The number of aromatic amines is 1. The van der Waals surface area contributed by atoms with Gasteiger partial charge in [-0.05, 0) is 28.7 Å². The number of hydrogen-bond acceptors (Lipinski definition) is 3. The molecule has 0 amide bonds. The van der Waals surface area contributed by atoms with Crippen LogP contribution in [0.25, 0.3) is 11.3 Å². The number of methoxy groups -OCH3 is 1. The number of anilines is 1. The molecule has 90 valence electrons. The van der Waals surface area contributed by atoms with Gasteiger partial charge < -0.3 is 10.5 Å². The van der Waals surface area contributed by atoms with Crippen molar-refractivity contribution < 1.29 is 4.74 Å². The van der Waals surface area contributed by atoms with Crippen LogP contribution >= 0.6 is 45.8 Å². The molecule has 0 aliphatic heterocycles. The van der Waals surface area contributed by atoms with Crippen molar-refractivity contribution in [1.82, 2.24) is 10.2 Å². The van der Waals surface area contributed by atoms with E-state index in [1.807, 2.05) is 0 Å². The van der Waals surface area contributed by atoms with E-state index in [1.165, 1.54) is 7.11 Å². The smallest absolute Gasteiger partial charge is 0.159 e. The number of hydrogen-bond donors (Lipinski definition) is 2. The van der Waals surface area contributed by atoms with E-state index in [1.54, 1.807) is 12.1 Å². The van der Waals surface area contributed by atoms with Crippen molar-refractivity contribution in [3.63, 3.8) is 0 Å². The average molecular weight is 384 g/mol. The highest BCUT2D eigenvalue weighted by molar-refractivity contribution is 14.1. The molecule has 0 fully saturated rings. The molecule has 0 aliphatic rings. The van der Waals surface area contributed by atoms with Crippen molar-refractivity contribution in [3.8, 4) is 17.0 Å². The predicted octanol–water partition coefficient (Wildman–Crippen LogP) is 3.58. The van der Waals surface area contributed by atoms with Crippen LogP contribution in [0.15, 0.2) is 12.1 Å². The van der Waals surface area contributed by atoms with E-state index >= 15 is 0 Å². The number of nitrogens with zero attached hydrogens (tertiary/aromatic N) is 1. The van der Waals surface area contributed by atoms with Gasteiger partial charge in [-0.1, -0.05) is 23.2 Å². The molecule has 3 N–H and O–H groups in total. The Kier molecular flexibility index (Phi) is 3.70. The van der Waals surface area contributed by atoms with Crippen LogP contribution in [-0.4, -0.2) is 17.3 Å². The molecular weight excluding hydrogens is 376 g/mol. The Balaban J connectivity index is 2.60. The SMILES string of the molecule is COc1cc(Cl)c(-c2[nH]nc(N)c2I)cc1Cl. The molecule has 0 saturated carbocycles. The lowest BCUT2D eigenvalue weighted by Gasteiger charge is -2.07. The first-order chi connectivity index (χ1) is 8.04. The van der Waals surface area contributed by atoms with Crippen LogP contribution in [0.1, 0.15) is 0 Å². The molecule has 1 aromatic carbocycles. The molecule has 1 heterocycles. The summed E-state index contributed by atoms with van der Waals surface area (Å²) in [5.41, 5.74) is 7.16. The zero-order chi connectivity index (χ0) is 12.6. The van der Waals surface area contributed by atoms with Gasteiger partial charge in [0, 0.05) is 11.6 Å². The number of ether oxygens (including phenoxy) is 1. The number of benzene rings is 1. The topological polar surface area (TPSA) is 63.9 Å². The first-order valence-electron chi connectivity index (χ1n) is 4.57. The third-order valence-corrected chi connectivity index (χ3v) is 3.94. The van der Waals surface area contributed by atoms with Crippen molar-refractivity contribution in [2.75, 3.05) is 12.8 Å². The lowest BCUT2D eigenvalue weighted by molar-refractivity contribution is 0.415. The minimum absolute atomic E-state index is 0.434. The van der Waals surface area contributed by atoms with Crippen molar-refractivity contribution in [1.29, 1.82) is 0 Å². The highest BCUT2D eigenvalue weighted by Crippen LogP contribution is 2.38. The summed E-state index contributed by atoms with van der Waals surface area (Å²) < 4.78 is 5.89. The summed E-state index contributed by atoms with van der Waals surface area (Å²) in [6.07, 6.45) is 0. The van der Waals surface area contributed by atoms with E-state index < -0.39 is 0 Å². The van der Waals surface area contributed by atoms with E-state index in [0.717, 1.165) is 14.8 Å². The van der Waals surface area contributed by atoms with Crippen molar-refractivity contribution in [3.05, 3.63) is 25.7 Å². The average Bonchev–Trinajstić information content (AvgIpc) is 2.63. The second-order valence-corrected chi connectivity index (χ2v) is 5.16. The van der Waals surface area contributed by atoms with E-state index in [9.17, 15) is 0 Å². The second kappa shape index (κ2) is 4.91. The number of nitrogens with two attached hydrogens (primary N) is 1. The van der Waals surface area contributed by atoms with Gasteiger partial charge in [-0.25, -0.2) is 0 Å². The molecule has 2 rings (SSSR count). The molecule has 0 aliphatic carbocycles. The molecule has 7 heteroatoms. The van der Waals surface area contributed by atoms with Gasteiger partial charge >= 0.3 is 0 Å². The van der Waals surface area contributed by atoms with E-state index in [0.29, 0.717) is 21.6 Å². The summed E-state index contributed by atoms with van der Waals surface area (Å²) in [6, 6.07) is 3.38. The second-order valence-electron chi connectivity index (χ2n) is 3.26. The zero-order valence-electron chi connectivity index (χ0n) is 8.72. The number of nitrogens with one attached hydrogen (secondary N) is 1. The van der Waals surface area contributed by atoms with E-state index in [4.69, 9.17) is 33.7 Å². The molecule has 0 saturated heterocycles. The third kappa shape index (κ3) is 2.31.